The molecule has 3 nitrogen and oxygen atoms in total. The van der Waals surface area contributed by atoms with Crippen molar-refractivity contribution < 1.29 is 4.79 Å². The zero-order chi connectivity index (χ0) is 9.78. The molecule has 0 aliphatic heterocycles. The number of nitrogens with zero attached hydrogens (tertiary/aromatic N) is 1. The van der Waals surface area contributed by atoms with Gasteiger partial charge < -0.3 is 5.32 Å². The van der Waals surface area contributed by atoms with Crippen LogP contribution in [0.3, 0.4) is 0 Å². The SMILES string of the molecule is C=C(C=NC)NC(=O)C(C)(C)C. The van der Waals surface area contributed by atoms with E-state index < -0.39 is 0 Å². The van der Waals surface area contributed by atoms with Crippen molar-refractivity contribution in [2.75, 3.05) is 7.05 Å². The normalized spacial score (nSPS) is 11.7. The summed E-state index contributed by atoms with van der Waals surface area (Å²) in [6.45, 7) is 9.15. The molecule has 0 saturated heterocycles. The average Bonchev–Trinajstić information content (AvgIpc) is 1.85. The Bertz CT molecular complexity index is 211. The van der Waals surface area contributed by atoms with E-state index in [-0.39, 0.29) is 11.3 Å². The minimum atomic E-state index is -0.384. The van der Waals surface area contributed by atoms with Crippen LogP contribution in [0.2, 0.25) is 0 Å². The van der Waals surface area contributed by atoms with Crippen LogP contribution in [0, 0.1) is 5.41 Å². The molecule has 3 heteroatoms. The van der Waals surface area contributed by atoms with Crippen LogP contribution in [0.25, 0.3) is 0 Å². The fourth-order valence-electron chi connectivity index (χ4n) is 0.521. The van der Waals surface area contributed by atoms with Gasteiger partial charge in [-0.05, 0) is 0 Å². The molecule has 0 radical (unpaired) electrons. The van der Waals surface area contributed by atoms with E-state index in [9.17, 15) is 4.79 Å². The van der Waals surface area contributed by atoms with Crippen molar-refractivity contribution >= 4 is 12.1 Å². The summed E-state index contributed by atoms with van der Waals surface area (Å²) in [7, 11) is 1.63. The lowest BCUT2D eigenvalue weighted by molar-refractivity contribution is -0.127. The Hall–Kier alpha value is -1.12. The Kier molecular flexibility index (Phi) is 3.67. The number of amides is 1. The Morgan fingerprint density at radius 3 is 2.33 bits per heavy atom. The van der Waals surface area contributed by atoms with Gasteiger partial charge in [0.15, 0.2) is 0 Å². The van der Waals surface area contributed by atoms with Crippen LogP contribution < -0.4 is 5.32 Å². The molecule has 0 unspecified atom stereocenters. The van der Waals surface area contributed by atoms with E-state index in [4.69, 9.17) is 0 Å². The first-order valence-electron chi connectivity index (χ1n) is 3.80. The van der Waals surface area contributed by atoms with Crippen LogP contribution in [0.4, 0.5) is 0 Å². The second kappa shape index (κ2) is 4.04. The molecule has 1 N–H and O–H groups in total. The molecule has 68 valence electrons. The molecule has 0 fully saturated rings. The molecule has 0 bridgehead atoms. The second-order valence-corrected chi connectivity index (χ2v) is 3.62. The minimum Gasteiger partial charge on any atom is -0.325 e. The van der Waals surface area contributed by atoms with Crippen molar-refractivity contribution in [1.82, 2.24) is 5.32 Å². The first kappa shape index (κ1) is 10.9. The summed E-state index contributed by atoms with van der Waals surface area (Å²) in [5, 5.41) is 2.64. The number of nitrogens with one attached hydrogen (secondary N) is 1. The van der Waals surface area contributed by atoms with Crippen LogP contribution >= 0.6 is 0 Å². The lowest BCUT2D eigenvalue weighted by Crippen LogP contribution is -2.34. The Morgan fingerprint density at radius 2 is 2.00 bits per heavy atom. The van der Waals surface area contributed by atoms with Crippen molar-refractivity contribution in [2.45, 2.75) is 20.8 Å². The minimum absolute atomic E-state index is 0.0487. The molecule has 0 heterocycles. The van der Waals surface area contributed by atoms with Gasteiger partial charge in [0, 0.05) is 18.7 Å². The van der Waals surface area contributed by atoms with Gasteiger partial charge in [-0.25, -0.2) is 0 Å². The van der Waals surface area contributed by atoms with Gasteiger partial charge >= 0.3 is 0 Å². The molecular formula is C9H16N2O. The third-order valence-electron chi connectivity index (χ3n) is 1.24. The van der Waals surface area contributed by atoms with Gasteiger partial charge in [-0.15, -0.1) is 0 Å². The fraction of sp³-hybridized carbons (Fsp3) is 0.556. The standard InChI is InChI=1S/C9H16N2O/c1-7(6-10-5)11-8(12)9(2,3)4/h6H,1H2,2-5H3,(H,11,12). The summed E-state index contributed by atoms with van der Waals surface area (Å²) in [6.07, 6.45) is 1.52. The summed E-state index contributed by atoms with van der Waals surface area (Å²) in [5.74, 6) is -0.0487. The molecule has 0 aromatic heterocycles. The van der Waals surface area contributed by atoms with E-state index in [1.54, 1.807) is 7.05 Å². The molecule has 1 amide bonds. The summed E-state index contributed by atoms with van der Waals surface area (Å²) in [5.41, 5.74) is 0.141. The largest absolute Gasteiger partial charge is 0.325 e. The van der Waals surface area contributed by atoms with E-state index in [2.05, 4.69) is 16.9 Å². The Labute approximate surface area is 73.6 Å². The van der Waals surface area contributed by atoms with Crippen molar-refractivity contribution in [2.24, 2.45) is 10.4 Å². The van der Waals surface area contributed by atoms with Crippen LogP contribution in [0.1, 0.15) is 20.8 Å². The van der Waals surface area contributed by atoms with E-state index in [0.717, 1.165) is 0 Å². The molecule has 0 aromatic rings. The van der Waals surface area contributed by atoms with Gasteiger partial charge in [-0.2, -0.15) is 0 Å². The third kappa shape index (κ3) is 3.91. The number of hydrogen-bond donors (Lipinski definition) is 1. The maximum Gasteiger partial charge on any atom is 0.229 e. The van der Waals surface area contributed by atoms with Gasteiger partial charge in [0.05, 0.1) is 5.70 Å². The predicted octanol–water partition coefficient (Wildman–Crippen LogP) is 1.36. The summed E-state index contributed by atoms with van der Waals surface area (Å²) < 4.78 is 0. The van der Waals surface area contributed by atoms with Crippen molar-refractivity contribution in [3.63, 3.8) is 0 Å². The zero-order valence-corrected chi connectivity index (χ0v) is 8.14. The highest BCUT2D eigenvalue weighted by Gasteiger charge is 2.20. The van der Waals surface area contributed by atoms with E-state index >= 15 is 0 Å². The Morgan fingerprint density at radius 1 is 1.50 bits per heavy atom. The second-order valence-electron chi connectivity index (χ2n) is 3.62. The summed E-state index contributed by atoms with van der Waals surface area (Å²) in [4.78, 5) is 15.0. The topological polar surface area (TPSA) is 41.5 Å². The van der Waals surface area contributed by atoms with Crippen LogP contribution in [-0.2, 0) is 4.79 Å². The number of carbonyl (C=O) groups excluding carboxylic acids is 1. The maximum absolute atomic E-state index is 11.3. The number of carbonyl (C=O) groups is 1. The first-order valence-corrected chi connectivity index (χ1v) is 3.80. The molecule has 12 heavy (non-hydrogen) atoms. The number of hydrogen-bond acceptors (Lipinski definition) is 2. The maximum atomic E-state index is 11.3. The molecule has 0 rings (SSSR count). The Balaban J connectivity index is 4.11. The molecule has 0 saturated carbocycles. The molecule has 0 aliphatic rings. The molecule has 0 spiro atoms. The predicted molar refractivity (Wildman–Crippen MR) is 51.2 cm³/mol. The highest BCUT2D eigenvalue weighted by molar-refractivity contribution is 5.89. The lowest BCUT2D eigenvalue weighted by Gasteiger charge is -2.17. The first-order chi connectivity index (χ1) is 5.38. The molecule has 0 aliphatic carbocycles. The summed E-state index contributed by atoms with van der Waals surface area (Å²) in [6, 6.07) is 0. The van der Waals surface area contributed by atoms with Crippen molar-refractivity contribution in [3.8, 4) is 0 Å². The van der Waals surface area contributed by atoms with Gasteiger partial charge in [-0.1, -0.05) is 27.4 Å². The van der Waals surface area contributed by atoms with Crippen LogP contribution in [-0.4, -0.2) is 19.2 Å². The van der Waals surface area contributed by atoms with Gasteiger partial charge in [0.1, 0.15) is 0 Å². The number of allylic oxidation sites excluding steroid dienone is 1. The zero-order valence-electron chi connectivity index (χ0n) is 8.14. The quantitative estimate of drug-likeness (QED) is 0.621. The van der Waals surface area contributed by atoms with Gasteiger partial charge in [-0.3, -0.25) is 9.79 Å². The van der Waals surface area contributed by atoms with Crippen molar-refractivity contribution in [3.05, 3.63) is 12.3 Å². The summed E-state index contributed by atoms with van der Waals surface area (Å²) >= 11 is 0. The molecule has 0 atom stereocenters. The monoisotopic (exact) mass is 168 g/mol. The highest BCUT2D eigenvalue weighted by Crippen LogP contribution is 2.12. The van der Waals surface area contributed by atoms with E-state index in [1.165, 1.54) is 6.21 Å². The average molecular weight is 168 g/mol. The highest BCUT2D eigenvalue weighted by atomic mass is 16.2. The third-order valence-corrected chi connectivity index (χ3v) is 1.24. The van der Waals surface area contributed by atoms with E-state index in [1.807, 2.05) is 20.8 Å². The van der Waals surface area contributed by atoms with Gasteiger partial charge in [0.25, 0.3) is 0 Å². The number of aliphatic imine (C=N–C) groups is 1. The molecule has 0 aromatic carbocycles. The molecular weight excluding hydrogens is 152 g/mol. The fourth-order valence-corrected chi connectivity index (χ4v) is 0.521. The number of rotatable bonds is 2. The van der Waals surface area contributed by atoms with Gasteiger partial charge in [0.2, 0.25) is 5.91 Å². The lowest BCUT2D eigenvalue weighted by atomic mass is 9.96. The smallest absolute Gasteiger partial charge is 0.229 e. The van der Waals surface area contributed by atoms with Crippen LogP contribution in [0.15, 0.2) is 17.3 Å². The van der Waals surface area contributed by atoms with E-state index in [0.29, 0.717) is 5.70 Å². The van der Waals surface area contributed by atoms with Crippen LogP contribution in [0.5, 0.6) is 0 Å². The van der Waals surface area contributed by atoms with Crippen molar-refractivity contribution in [1.29, 1.82) is 0 Å².